The first-order valence-electron chi connectivity index (χ1n) is 15.9. The molecule has 5 rings (SSSR count). The molecule has 14 nitrogen and oxygen atoms in total. The Morgan fingerprint density at radius 2 is 1.62 bits per heavy atom. The molecule has 3 aromatic rings. The summed E-state index contributed by atoms with van der Waals surface area (Å²) in [7, 11) is -2.06. The maximum Gasteiger partial charge on any atom is 0.407 e. The van der Waals surface area contributed by atoms with E-state index < -0.39 is 31.5 Å². The first-order valence-corrected chi connectivity index (χ1v) is 17.5. The summed E-state index contributed by atoms with van der Waals surface area (Å²) in [5.41, 5.74) is 1.12. The fourth-order valence-electron chi connectivity index (χ4n) is 5.75. The normalized spacial score (nSPS) is 17.3. The molecule has 0 radical (unpaired) electrons. The number of piperazine rings is 1. The SMILES string of the molecule is CCOP(=O)(OCC)c1cccc(C(NC(=O)c2cc(N3CC[C@H](OC)C3)nc(-c3ccccc3)n2)C(=O)N2CCN(C(=O)O)CC2)c1. The molecular weight excluding hydrogens is 639 g/mol. The van der Waals surface area contributed by atoms with Gasteiger partial charge < -0.3 is 38.9 Å². The van der Waals surface area contributed by atoms with Crippen molar-refractivity contribution in [2.24, 2.45) is 0 Å². The molecular formula is C33H41N6O8P. The lowest BCUT2D eigenvalue weighted by Gasteiger charge is -2.35. The van der Waals surface area contributed by atoms with Gasteiger partial charge in [0.25, 0.3) is 5.91 Å². The van der Waals surface area contributed by atoms with Crippen LogP contribution in [-0.4, -0.2) is 108 Å². The van der Waals surface area contributed by atoms with E-state index in [4.69, 9.17) is 18.8 Å². The van der Waals surface area contributed by atoms with E-state index in [0.29, 0.717) is 30.3 Å². The van der Waals surface area contributed by atoms with E-state index in [1.807, 2.05) is 35.2 Å². The van der Waals surface area contributed by atoms with Gasteiger partial charge in [-0.2, -0.15) is 0 Å². The van der Waals surface area contributed by atoms with Crippen molar-refractivity contribution < 1.29 is 37.8 Å². The zero-order chi connectivity index (χ0) is 34.3. The molecule has 2 aliphatic rings. The van der Waals surface area contributed by atoms with Gasteiger partial charge in [-0.25, -0.2) is 14.8 Å². The molecule has 48 heavy (non-hydrogen) atoms. The van der Waals surface area contributed by atoms with E-state index >= 15 is 0 Å². The first kappa shape index (κ1) is 35.0. The van der Waals surface area contributed by atoms with Gasteiger partial charge >= 0.3 is 13.7 Å². The van der Waals surface area contributed by atoms with Crippen molar-refractivity contribution in [3.63, 3.8) is 0 Å². The highest BCUT2D eigenvalue weighted by Gasteiger charge is 2.34. The van der Waals surface area contributed by atoms with Gasteiger partial charge in [-0.15, -0.1) is 0 Å². The minimum absolute atomic E-state index is 0.0256. The molecule has 0 spiro atoms. The summed E-state index contributed by atoms with van der Waals surface area (Å²) >= 11 is 0. The van der Waals surface area contributed by atoms with Gasteiger partial charge in [0, 0.05) is 58.0 Å². The van der Waals surface area contributed by atoms with E-state index in [2.05, 4.69) is 10.3 Å². The number of ether oxygens (including phenoxy) is 1. The van der Waals surface area contributed by atoms with Crippen LogP contribution in [-0.2, 0) is 23.1 Å². The molecule has 2 N–H and O–H groups in total. The lowest BCUT2D eigenvalue weighted by atomic mass is 10.0. The summed E-state index contributed by atoms with van der Waals surface area (Å²) in [5.74, 6) is -0.169. The van der Waals surface area contributed by atoms with Gasteiger partial charge in [0.1, 0.15) is 17.6 Å². The molecule has 1 aromatic heterocycles. The molecule has 0 aliphatic carbocycles. The Bertz CT molecular complexity index is 1640. The average Bonchev–Trinajstić information content (AvgIpc) is 3.60. The number of nitrogens with one attached hydrogen (secondary N) is 1. The van der Waals surface area contributed by atoms with Crippen molar-refractivity contribution in [3.8, 4) is 11.4 Å². The number of amides is 3. The highest BCUT2D eigenvalue weighted by molar-refractivity contribution is 7.62. The van der Waals surface area contributed by atoms with E-state index in [0.717, 1.165) is 12.0 Å². The fraction of sp³-hybridized carbons (Fsp3) is 0.424. The summed E-state index contributed by atoms with van der Waals surface area (Å²) in [6.45, 7) is 5.48. The van der Waals surface area contributed by atoms with Crippen LogP contribution in [0.4, 0.5) is 10.6 Å². The molecule has 2 atom stereocenters. The van der Waals surface area contributed by atoms with E-state index in [-0.39, 0.29) is 56.5 Å². The largest absolute Gasteiger partial charge is 0.465 e. The van der Waals surface area contributed by atoms with Crippen LogP contribution in [0.3, 0.4) is 0 Å². The smallest absolute Gasteiger partial charge is 0.407 e. The van der Waals surface area contributed by atoms with Crippen LogP contribution in [0.1, 0.15) is 42.4 Å². The van der Waals surface area contributed by atoms with Crippen molar-refractivity contribution >= 4 is 36.6 Å². The Hall–Kier alpha value is -4.36. The zero-order valence-corrected chi connectivity index (χ0v) is 28.2. The number of nitrogens with zero attached hydrogens (tertiary/aromatic N) is 5. The third kappa shape index (κ3) is 8.01. The standard InChI is InChI=1S/C33H41N6O8P/c1-4-46-48(44,47-5-2)26-13-9-12-24(20-26)29(32(41)37-16-18-38(19-17-37)33(42)43)36-31(40)27-21-28(39-15-14-25(22-39)45-3)35-30(34-27)23-10-7-6-8-11-23/h6-13,20-21,25,29H,4-5,14-19,22H2,1-3H3,(H,36,40)(H,42,43)/t25-,29?/m0/s1. The monoisotopic (exact) mass is 680 g/mol. The molecule has 3 amide bonds. The number of rotatable bonds is 12. The second-order valence-electron chi connectivity index (χ2n) is 11.3. The van der Waals surface area contributed by atoms with Crippen molar-refractivity contribution in [2.75, 3.05) is 64.5 Å². The fourth-order valence-corrected chi connectivity index (χ4v) is 7.38. The van der Waals surface area contributed by atoms with Crippen molar-refractivity contribution in [1.82, 2.24) is 25.1 Å². The van der Waals surface area contributed by atoms with Crippen LogP contribution >= 0.6 is 7.60 Å². The van der Waals surface area contributed by atoms with E-state index in [1.54, 1.807) is 51.3 Å². The predicted octanol–water partition coefficient (Wildman–Crippen LogP) is 3.55. The molecule has 3 heterocycles. The molecule has 2 fully saturated rings. The molecule has 1 unspecified atom stereocenters. The van der Waals surface area contributed by atoms with E-state index in [1.165, 1.54) is 9.80 Å². The Morgan fingerprint density at radius 1 is 0.938 bits per heavy atom. The maximum absolute atomic E-state index is 14.1. The number of benzene rings is 2. The third-order valence-electron chi connectivity index (χ3n) is 8.28. The quantitative estimate of drug-likeness (QED) is 0.269. The average molecular weight is 681 g/mol. The second kappa shape index (κ2) is 15.7. The van der Waals surface area contributed by atoms with Gasteiger partial charge in [0.15, 0.2) is 5.82 Å². The van der Waals surface area contributed by atoms with E-state index in [9.17, 15) is 24.1 Å². The number of carbonyl (C=O) groups excluding carboxylic acids is 2. The van der Waals surface area contributed by atoms with Gasteiger partial charge in [-0.05, 0) is 38.0 Å². The lowest BCUT2D eigenvalue weighted by Crippen LogP contribution is -2.53. The highest BCUT2D eigenvalue weighted by Crippen LogP contribution is 2.47. The first-order chi connectivity index (χ1) is 23.1. The second-order valence-corrected chi connectivity index (χ2v) is 13.4. The highest BCUT2D eigenvalue weighted by atomic mass is 31.2. The molecule has 15 heteroatoms. The van der Waals surface area contributed by atoms with Gasteiger partial charge in [-0.3, -0.25) is 14.2 Å². The Balaban J connectivity index is 1.52. The molecule has 0 saturated carbocycles. The third-order valence-corrected chi connectivity index (χ3v) is 10.4. The van der Waals surface area contributed by atoms with Crippen LogP contribution in [0.2, 0.25) is 0 Å². The molecule has 2 saturated heterocycles. The number of hydrogen-bond donors (Lipinski definition) is 2. The van der Waals surface area contributed by atoms with Gasteiger partial charge in [0.05, 0.1) is 24.6 Å². The van der Waals surface area contributed by atoms with Crippen LogP contribution in [0, 0.1) is 0 Å². The topological polar surface area (TPSA) is 164 Å². The number of methoxy groups -OCH3 is 1. The van der Waals surface area contributed by atoms with Crippen LogP contribution in [0.5, 0.6) is 0 Å². The predicted molar refractivity (Wildman–Crippen MR) is 178 cm³/mol. The number of anilines is 1. The molecule has 0 bridgehead atoms. The Kier molecular flexibility index (Phi) is 11.4. The summed E-state index contributed by atoms with van der Waals surface area (Å²) in [6, 6.07) is 16.1. The number of hydrogen-bond acceptors (Lipinski definition) is 10. The molecule has 2 aromatic carbocycles. The lowest BCUT2D eigenvalue weighted by molar-refractivity contribution is -0.135. The van der Waals surface area contributed by atoms with Crippen LogP contribution < -0.4 is 15.5 Å². The zero-order valence-electron chi connectivity index (χ0n) is 27.3. The van der Waals surface area contributed by atoms with Crippen LogP contribution in [0.25, 0.3) is 11.4 Å². The number of aromatic nitrogens is 2. The van der Waals surface area contributed by atoms with Crippen molar-refractivity contribution in [1.29, 1.82) is 0 Å². The maximum atomic E-state index is 14.1. The summed E-state index contributed by atoms with van der Waals surface area (Å²) < 4.78 is 30.3. The number of carbonyl (C=O) groups is 3. The summed E-state index contributed by atoms with van der Waals surface area (Å²) in [5, 5.41) is 12.5. The van der Waals surface area contributed by atoms with Crippen molar-refractivity contribution in [2.45, 2.75) is 32.4 Å². The van der Waals surface area contributed by atoms with Gasteiger partial charge in [-0.1, -0.05) is 42.5 Å². The van der Waals surface area contributed by atoms with Gasteiger partial charge in [0.2, 0.25) is 5.91 Å². The molecule has 256 valence electrons. The van der Waals surface area contributed by atoms with Crippen LogP contribution in [0.15, 0.2) is 60.7 Å². The Labute approximate surface area is 279 Å². The summed E-state index contributed by atoms with van der Waals surface area (Å²) in [4.78, 5) is 53.9. The summed E-state index contributed by atoms with van der Waals surface area (Å²) in [6.07, 6.45) is -0.235. The van der Waals surface area contributed by atoms with Crippen molar-refractivity contribution in [3.05, 3.63) is 71.9 Å². The minimum Gasteiger partial charge on any atom is -0.465 e. The minimum atomic E-state index is -3.73. The number of carboxylic acid groups (broad SMARTS) is 1. The molecule has 2 aliphatic heterocycles. The Morgan fingerprint density at radius 3 is 2.25 bits per heavy atom.